The Bertz CT molecular complexity index is 1180. The van der Waals surface area contributed by atoms with Gasteiger partial charge in [-0.2, -0.15) is 0 Å². The number of carbonyl (C=O) groups excluding carboxylic acids is 1. The smallest absolute Gasteiger partial charge is 0.305 e. The molecule has 1 aliphatic carbocycles. The van der Waals surface area contributed by atoms with Gasteiger partial charge in [-0.25, -0.2) is 14.6 Å². The molecule has 0 bridgehead atoms. The second-order valence-corrected chi connectivity index (χ2v) is 10.5. The predicted molar refractivity (Wildman–Crippen MR) is 152 cm³/mol. The summed E-state index contributed by atoms with van der Waals surface area (Å²) in [6.45, 7) is 5.34. The molecule has 1 saturated carbocycles. The summed E-state index contributed by atoms with van der Waals surface area (Å²) in [4.78, 5) is 25.3. The Kier molecular flexibility index (Phi) is 9.37. The van der Waals surface area contributed by atoms with Crippen LogP contribution in [0, 0.1) is 0 Å². The normalized spacial score (nSPS) is 16.5. The number of hydrogen-bond acceptors (Lipinski definition) is 9. The molecule has 10 heteroatoms. The van der Waals surface area contributed by atoms with Crippen LogP contribution in [0.4, 0.5) is 17.3 Å². The lowest BCUT2D eigenvalue weighted by Gasteiger charge is -2.36. The zero-order chi connectivity index (χ0) is 26.9. The van der Waals surface area contributed by atoms with Crippen molar-refractivity contribution in [1.29, 1.82) is 0 Å². The third-order valence-electron chi connectivity index (χ3n) is 7.82. The number of nitrogens with one attached hydrogen (secondary N) is 1. The van der Waals surface area contributed by atoms with Gasteiger partial charge in [-0.15, -0.1) is 5.10 Å². The van der Waals surface area contributed by atoms with E-state index < -0.39 is 0 Å². The Labute approximate surface area is 230 Å². The summed E-state index contributed by atoms with van der Waals surface area (Å²) in [7, 11) is 1.45. The molecule has 1 saturated heterocycles. The highest BCUT2D eigenvalue weighted by Gasteiger charge is 2.19. The maximum atomic E-state index is 11.2. The summed E-state index contributed by atoms with van der Waals surface area (Å²) in [6.07, 6.45) is 13.5. The molecule has 3 aromatic rings. The second kappa shape index (κ2) is 13.5. The van der Waals surface area contributed by atoms with Gasteiger partial charge in [0.1, 0.15) is 5.69 Å². The number of esters is 1. The highest BCUT2D eigenvalue weighted by molar-refractivity contribution is 5.69. The molecule has 0 spiro atoms. The lowest BCUT2D eigenvalue weighted by Crippen LogP contribution is -2.46. The van der Waals surface area contributed by atoms with Gasteiger partial charge in [-0.05, 0) is 62.6 Å². The molecule has 0 unspecified atom stereocenters. The monoisotopic (exact) mass is 532 g/mol. The van der Waals surface area contributed by atoms with E-state index in [-0.39, 0.29) is 5.97 Å². The largest absolute Gasteiger partial charge is 0.469 e. The second-order valence-electron chi connectivity index (χ2n) is 10.5. The van der Waals surface area contributed by atoms with Crippen molar-refractivity contribution in [2.45, 2.75) is 63.8 Å². The molecule has 3 heterocycles. The van der Waals surface area contributed by atoms with Crippen LogP contribution in [0.15, 0.2) is 42.7 Å². The number of methoxy groups -OCH3 is 1. The standard InChI is InChI=1S/C29H40N8O2/c1-39-28(38)10-4-2-3-7-17-35-18-20-36(21-19-35)24-13-11-23(12-14-24)31-29-30-16-15-26(32-29)27-22-37(34-33-27)25-8-5-6-9-25/h11-16,22,25H,2-10,17-21H2,1H3,(H,30,31,32). The Morgan fingerprint density at radius 3 is 2.51 bits per heavy atom. The van der Waals surface area contributed by atoms with Gasteiger partial charge in [0.2, 0.25) is 5.95 Å². The lowest BCUT2D eigenvalue weighted by atomic mass is 10.1. The van der Waals surface area contributed by atoms with E-state index in [4.69, 9.17) is 4.74 Å². The number of aromatic nitrogens is 5. The van der Waals surface area contributed by atoms with Crippen LogP contribution < -0.4 is 10.2 Å². The van der Waals surface area contributed by atoms with Gasteiger partial charge in [0, 0.05) is 50.2 Å². The van der Waals surface area contributed by atoms with Gasteiger partial charge in [0.15, 0.2) is 0 Å². The molecule has 0 atom stereocenters. The minimum Gasteiger partial charge on any atom is -0.469 e. The molecule has 1 N–H and O–H groups in total. The molecule has 2 aliphatic rings. The highest BCUT2D eigenvalue weighted by Crippen LogP contribution is 2.29. The van der Waals surface area contributed by atoms with Crippen LogP contribution in [-0.2, 0) is 9.53 Å². The summed E-state index contributed by atoms with van der Waals surface area (Å²) in [5.41, 5.74) is 3.74. The number of hydrogen-bond donors (Lipinski definition) is 1. The number of benzene rings is 1. The van der Waals surface area contributed by atoms with Crippen LogP contribution in [0.1, 0.15) is 63.8 Å². The molecule has 1 aliphatic heterocycles. The van der Waals surface area contributed by atoms with E-state index in [1.165, 1.54) is 51.3 Å². The Balaban J connectivity index is 1.06. The number of ether oxygens (including phenoxy) is 1. The highest BCUT2D eigenvalue weighted by atomic mass is 16.5. The summed E-state index contributed by atoms with van der Waals surface area (Å²) in [6, 6.07) is 10.8. The third kappa shape index (κ3) is 7.53. The number of anilines is 3. The first-order chi connectivity index (χ1) is 19.2. The average molecular weight is 533 g/mol. The molecule has 1 aromatic carbocycles. The van der Waals surface area contributed by atoms with Gasteiger partial charge in [-0.1, -0.05) is 30.9 Å². The number of carbonyl (C=O) groups is 1. The van der Waals surface area contributed by atoms with Crippen molar-refractivity contribution in [2.24, 2.45) is 0 Å². The summed E-state index contributed by atoms with van der Waals surface area (Å²) < 4.78 is 6.69. The number of rotatable bonds is 12. The van der Waals surface area contributed by atoms with Crippen molar-refractivity contribution in [2.75, 3.05) is 50.1 Å². The van der Waals surface area contributed by atoms with E-state index in [1.807, 2.05) is 16.9 Å². The van der Waals surface area contributed by atoms with Crippen molar-refractivity contribution in [3.8, 4) is 11.4 Å². The number of piperazine rings is 1. The van der Waals surface area contributed by atoms with Crippen LogP contribution in [0.5, 0.6) is 0 Å². The van der Waals surface area contributed by atoms with Crippen LogP contribution in [-0.4, -0.2) is 75.7 Å². The summed E-state index contributed by atoms with van der Waals surface area (Å²) in [5.74, 6) is 0.447. The fraction of sp³-hybridized carbons (Fsp3) is 0.552. The minimum absolute atomic E-state index is 0.103. The van der Waals surface area contributed by atoms with Crippen LogP contribution in [0.25, 0.3) is 11.4 Å². The first-order valence-corrected chi connectivity index (χ1v) is 14.3. The molecule has 208 valence electrons. The van der Waals surface area contributed by atoms with Gasteiger partial charge in [0.05, 0.1) is 25.0 Å². The Morgan fingerprint density at radius 2 is 1.74 bits per heavy atom. The molecule has 0 radical (unpaired) electrons. The van der Waals surface area contributed by atoms with Crippen LogP contribution in [0.2, 0.25) is 0 Å². The van der Waals surface area contributed by atoms with Gasteiger partial charge >= 0.3 is 5.97 Å². The van der Waals surface area contributed by atoms with Gasteiger partial charge in [0.25, 0.3) is 0 Å². The number of nitrogens with zero attached hydrogens (tertiary/aromatic N) is 7. The molecule has 2 aromatic heterocycles. The predicted octanol–water partition coefficient (Wildman–Crippen LogP) is 4.84. The topological polar surface area (TPSA) is 101 Å². The van der Waals surface area contributed by atoms with E-state index in [1.54, 1.807) is 6.20 Å². The molecule has 10 nitrogen and oxygen atoms in total. The first-order valence-electron chi connectivity index (χ1n) is 14.3. The lowest BCUT2D eigenvalue weighted by molar-refractivity contribution is -0.140. The third-order valence-corrected chi connectivity index (χ3v) is 7.82. The summed E-state index contributed by atoms with van der Waals surface area (Å²) >= 11 is 0. The molecular formula is C29H40N8O2. The van der Waals surface area contributed by atoms with E-state index in [0.717, 1.165) is 62.6 Å². The van der Waals surface area contributed by atoms with E-state index >= 15 is 0 Å². The van der Waals surface area contributed by atoms with Crippen molar-refractivity contribution < 1.29 is 9.53 Å². The van der Waals surface area contributed by atoms with E-state index in [2.05, 4.69) is 59.7 Å². The zero-order valence-corrected chi connectivity index (χ0v) is 23.0. The van der Waals surface area contributed by atoms with Crippen molar-refractivity contribution in [1.82, 2.24) is 29.9 Å². The summed E-state index contributed by atoms with van der Waals surface area (Å²) in [5, 5.41) is 12.0. The van der Waals surface area contributed by atoms with E-state index in [9.17, 15) is 4.79 Å². The zero-order valence-electron chi connectivity index (χ0n) is 23.0. The van der Waals surface area contributed by atoms with E-state index in [0.29, 0.717) is 18.4 Å². The maximum Gasteiger partial charge on any atom is 0.305 e. The average Bonchev–Trinajstić information content (AvgIpc) is 3.69. The van der Waals surface area contributed by atoms with Gasteiger partial charge < -0.3 is 15.0 Å². The molecule has 39 heavy (non-hydrogen) atoms. The Morgan fingerprint density at radius 1 is 0.974 bits per heavy atom. The van der Waals surface area contributed by atoms with Gasteiger partial charge in [-0.3, -0.25) is 9.69 Å². The Hall–Kier alpha value is -3.53. The molecular weight excluding hydrogens is 492 g/mol. The molecule has 2 fully saturated rings. The van der Waals surface area contributed by atoms with Crippen molar-refractivity contribution >= 4 is 23.3 Å². The fourth-order valence-corrected chi connectivity index (χ4v) is 5.48. The maximum absolute atomic E-state index is 11.2. The van der Waals surface area contributed by atoms with Crippen molar-refractivity contribution in [3.05, 3.63) is 42.7 Å². The SMILES string of the molecule is COC(=O)CCCCCCN1CCN(c2ccc(Nc3nccc(-c4cn(C5CCCC5)nn4)n3)cc2)CC1. The first kappa shape index (κ1) is 27.1. The fourth-order valence-electron chi connectivity index (χ4n) is 5.48. The molecule has 5 rings (SSSR count). The van der Waals surface area contributed by atoms with Crippen LogP contribution in [0.3, 0.4) is 0 Å². The van der Waals surface area contributed by atoms with Crippen LogP contribution >= 0.6 is 0 Å². The molecule has 0 amide bonds. The number of unbranched alkanes of at least 4 members (excludes halogenated alkanes) is 3. The minimum atomic E-state index is -0.103. The van der Waals surface area contributed by atoms with Crippen molar-refractivity contribution in [3.63, 3.8) is 0 Å². The quantitative estimate of drug-likeness (QED) is 0.259.